The molecule has 0 aliphatic rings. The van der Waals surface area contributed by atoms with Gasteiger partial charge in [0, 0.05) is 17.8 Å². The van der Waals surface area contributed by atoms with E-state index in [2.05, 4.69) is 4.98 Å². The summed E-state index contributed by atoms with van der Waals surface area (Å²) in [6.07, 6.45) is 0. The molecule has 124 valence electrons. The van der Waals surface area contributed by atoms with Crippen LogP contribution in [-0.2, 0) is 0 Å². The van der Waals surface area contributed by atoms with E-state index in [1.54, 1.807) is 18.4 Å². The second-order valence-electron chi connectivity index (χ2n) is 5.37. The van der Waals surface area contributed by atoms with Crippen LogP contribution in [0, 0.1) is 31.3 Å². The van der Waals surface area contributed by atoms with Crippen molar-refractivity contribution >= 4 is 0 Å². The van der Waals surface area contributed by atoms with Crippen molar-refractivity contribution in [1.29, 1.82) is 0 Å². The summed E-state index contributed by atoms with van der Waals surface area (Å²) in [5.41, 5.74) is 1.13. The largest absolute Gasteiger partial charge is 0.497 e. The van der Waals surface area contributed by atoms with Crippen LogP contribution >= 0.6 is 0 Å². The second-order valence-corrected chi connectivity index (χ2v) is 5.37. The highest BCUT2D eigenvalue weighted by Crippen LogP contribution is 2.34. The first-order valence-corrected chi connectivity index (χ1v) is 7.27. The number of ether oxygens (including phenoxy) is 1. The molecule has 0 saturated heterocycles. The third-order valence-corrected chi connectivity index (χ3v) is 3.79. The van der Waals surface area contributed by atoms with Gasteiger partial charge in [-0.1, -0.05) is 0 Å². The highest BCUT2D eigenvalue weighted by atomic mass is 19.1. The first-order chi connectivity index (χ1) is 11.4. The van der Waals surface area contributed by atoms with Crippen LogP contribution in [0.25, 0.3) is 16.9 Å². The summed E-state index contributed by atoms with van der Waals surface area (Å²) in [5.74, 6) is -1.26. The summed E-state index contributed by atoms with van der Waals surface area (Å²) in [6, 6.07) is 7.88. The number of aryl methyl sites for hydroxylation is 2. The van der Waals surface area contributed by atoms with E-state index in [9.17, 15) is 13.2 Å². The molecule has 0 N–H and O–H groups in total. The van der Waals surface area contributed by atoms with E-state index in [1.165, 1.54) is 31.4 Å². The molecule has 2 aromatic carbocycles. The molecule has 0 unspecified atom stereocenters. The highest BCUT2D eigenvalue weighted by Gasteiger charge is 2.22. The van der Waals surface area contributed by atoms with Gasteiger partial charge in [-0.2, -0.15) is 0 Å². The number of halogens is 3. The molecule has 0 amide bonds. The van der Waals surface area contributed by atoms with Crippen molar-refractivity contribution in [3.05, 3.63) is 65.4 Å². The first kappa shape index (κ1) is 16.1. The molecular formula is C18H15F3N2O. The number of hydrogen-bond donors (Lipinski definition) is 0. The third-order valence-electron chi connectivity index (χ3n) is 3.79. The lowest BCUT2D eigenvalue weighted by Gasteiger charge is -2.13. The van der Waals surface area contributed by atoms with E-state index in [0.717, 1.165) is 12.1 Å². The summed E-state index contributed by atoms with van der Waals surface area (Å²) in [4.78, 5) is 4.32. The van der Waals surface area contributed by atoms with Crippen LogP contribution in [-0.4, -0.2) is 16.7 Å². The Bertz CT molecular complexity index is 878. The van der Waals surface area contributed by atoms with Gasteiger partial charge in [-0.05, 0) is 38.1 Å². The normalized spacial score (nSPS) is 10.9. The molecule has 0 atom stereocenters. The molecular weight excluding hydrogens is 317 g/mol. The van der Waals surface area contributed by atoms with Crippen molar-refractivity contribution < 1.29 is 17.9 Å². The number of rotatable bonds is 3. The molecule has 6 heteroatoms. The molecule has 3 nitrogen and oxygen atoms in total. The summed E-state index contributed by atoms with van der Waals surface area (Å²) in [6.45, 7) is 3.39. The zero-order valence-corrected chi connectivity index (χ0v) is 13.4. The number of hydrogen-bond acceptors (Lipinski definition) is 2. The monoisotopic (exact) mass is 332 g/mol. The van der Waals surface area contributed by atoms with Crippen LogP contribution < -0.4 is 4.74 Å². The first-order valence-electron chi connectivity index (χ1n) is 7.27. The van der Waals surface area contributed by atoms with Gasteiger partial charge < -0.3 is 4.74 Å². The Hall–Kier alpha value is -2.76. The van der Waals surface area contributed by atoms with Gasteiger partial charge in [0.05, 0.1) is 24.1 Å². The molecule has 0 spiro atoms. The Morgan fingerprint density at radius 3 is 2.08 bits per heavy atom. The molecule has 0 radical (unpaired) electrons. The standard InChI is InChI=1S/C18H15F3N2O/c1-10-18(17-15(20)8-14(24-3)9-16(17)21)23(11(2)22-10)13-6-4-12(19)5-7-13/h4-9H,1-3H3. The van der Waals surface area contributed by atoms with Gasteiger partial charge in [0.25, 0.3) is 0 Å². The molecule has 24 heavy (non-hydrogen) atoms. The molecule has 3 rings (SSSR count). The molecule has 1 heterocycles. The van der Waals surface area contributed by atoms with Crippen LogP contribution in [0.2, 0.25) is 0 Å². The zero-order valence-electron chi connectivity index (χ0n) is 13.4. The third kappa shape index (κ3) is 2.64. The van der Waals surface area contributed by atoms with Crippen LogP contribution in [0.15, 0.2) is 36.4 Å². The Balaban J connectivity index is 2.28. The maximum Gasteiger partial charge on any atom is 0.139 e. The van der Waals surface area contributed by atoms with Crippen LogP contribution in [0.4, 0.5) is 13.2 Å². The predicted octanol–water partition coefficient (Wildman–Crippen LogP) is 4.58. The van der Waals surface area contributed by atoms with E-state index in [-0.39, 0.29) is 17.0 Å². The molecule has 1 aromatic heterocycles. The second kappa shape index (κ2) is 6.03. The molecule has 0 aliphatic carbocycles. The number of nitrogens with zero attached hydrogens (tertiary/aromatic N) is 2. The number of imidazole rings is 1. The molecule has 0 saturated carbocycles. The molecule has 0 fully saturated rings. The van der Waals surface area contributed by atoms with Crippen LogP contribution in [0.3, 0.4) is 0 Å². The molecule has 3 aromatic rings. The van der Waals surface area contributed by atoms with Gasteiger partial charge in [0.1, 0.15) is 29.0 Å². The lowest BCUT2D eigenvalue weighted by molar-refractivity contribution is 0.407. The minimum absolute atomic E-state index is 0.0935. The van der Waals surface area contributed by atoms with Gasteiger partial charge in [-0.15, -0.1) is 0 Å². The number of aromatic nitrogens is 2. The van der Waals surface area contributed by atoms with Crippen molar-refractivity contribution in [2.45, 2.75) is 13.8 Å². The van der Waals surface area contributed by atoms with Gasteiger partial charge in [0.15, 0.2) is 0 Å². The minimum atomic E-state index is -0.752. The Labute approximate surface area is 137 Å². The molecule has 0 bridgehead atoms. The highest BCUT2D eigenvalue weighted by molar-refractivity contribution is 5.68. The van der Waals surface area contributed by atoms with E-state index in [0.29, 0.717) is 17.2 Å². The maximum absolute atomic E-state index is 14.5. The van der Waals surface area contributed by atoms with Gasteiger partial charge in [-0.3, -0.25) is 4.57 Å². The fraction of sp³-hybridized carbons (Fsp3) is 0.167. The predicted molar refractivity (Wildman–Crippen MR) is 84.9 cm³/mol. The van der Waals surface area contributed by atoms with Gasteiger partial charge >= 0.3 is 0 Å². The Morgan fingerprint density at radius 2 is 1.54 bits per heavy atom. The maximum atomic E-state index is 14.5. The van der Waals surface area contributed by atoms with E-state index in [1.807, 2.05) is 0 Å². The van der Waals surface area contributed by atoms with E-state index < -0.39 is 17.5 Å². The van der Waals surface area contributed by atoms with Crippen molar-refractivity contribution in [3.8, 4) is 22.7 Å². The summed E-state index contributed by atoms with van der Waals surface area (Å²) in [5, 5.41) is 0. The average Bonchev–Trinajstić information content (AvgIpc) is 2.82. The minimum Gasteiger partial charge on any atom is -0.497 e. The SMILES string of the molecule is COc1cc(F)c(-c2c(C)nc(C)n2-c2ccc(F)cc2)c(F)c1. The fourth-order valence-corrected chi connectivity index (χ4v) is 2.76. The number of benzene rings is 2. The fourth-order valence-electron chi connectivity index (χ4n) is 2.76. The van der Waals surface area contributed by atoms with E-state index >= 15 is 0 Å². The van der Waals surface area contributed by atoms with Crippen LogP contribution in [0.1, 0.15) is 11.5 Å². The summed E-state index contributed by atoms with van der Waals surface area (Å²) < 4.78 is 48.7. The zero-order chi connectivity index (χ0) is 17.4. The average molecular weight is 332 g/mol. The van der Waals surface area contributed by atoms with Gasteiger partial charge in [0.2, 0.25) is 0 Å². The quantitative estimate of drug-likeness (QED) is 0.702. The molecule has 0 aliphatic heterocycles. The van der Waals surface area contributed by atoms with Crippen molar-refractivity contribution in [3.63, 3.8) is 0 Å². The van der Waals surface area contributed by atoms with Gasteiger partial charge in [-0.25, -0.2) is 18.2 Å². The van der Waals surface area contributed by atoms with Crippen LogP contribution in [0.5, 0.6) is 5.75 Å². The lowest BCUT2D eigenvalue weighted by atomic mass is 10.1. The lowest BCUT2D eigenvalue weighted by Crippen LogP contribution is -2.03. The van der Waals surface area contributed by atoms with Crippen molar-refractivity contribution in [2.75, 3.05) is 7.11 Å². The van der Waals surface area contributed by atoms with E-state index in [4.69, 9.17) is 4.74 Å². The van der Waals surface area contributed by atoms with Crippen molar-refractivity contribution in [2.24, 2.45) is 0 Å². The summed E-state index contributed by atoms with van der Waals surface area (Å²) >= 11 is 0. The number of methoxy groups -OCH3 is 1. The topological polar surface area (TPSA) is 27.1 Å². The summed E-state index contributed by atoms with van der Waals surface area (Å²) in [7, 11) is 1.34. The van der Waals surface area contributed by atoms with Crippen molar-refractivity contribution in [1.82, 2.24) is 9.55 Å². The Morgan fingerprint density at radius 1 is 0.958 bits per heavy atom. The Kier molecular flexibility index (Phi) is 4.05. The smallest absolute Gasteiger partial charge is 0.139 e.